The molecule has 0 bridgehead atoms. The van der Waals surface area contributed by atoms with E-state index >= 15 is 0 Å². The van der Waals surface area contributed by atoms with Crippen LogP contribution in [0, 0.1) is 6.92 Å². The zero-order valence-corrected chi connectivity index (χ0v) is 13.3. The fourth-order valence-electron chi connectivity index (χ4n) is 2.75. The maximum Gasteiger partial charge on any atom is 0.212 e. The Morgan fingerprint density at radius 1 is 0.909 bits per heavy atom. The summed E-state index contributed by atoms with van der Waals surface area (Å²) in [6.07, 6.45) is 0.815. The van der Waals surface area contributed by atoms with Crippen LogP contribution >= 0.6 is 0 Å². The molecular weight excluding hydrogens is 266 g/mol. The van der Waals surface area contributed by atoms with E-state index in [9.17, 15) is 0 Å². The number of benzene rings is 2. The predicted octanol–water partition coefficient (Wildman–Crippen LogP) is 4.72. The highest BCUT2D eigenvalue weighted by Crippen LogP contribution is 2.23. The first kappa shape index (κ1) is 12.2. The Balaban J connectivity index is 1.97. The zero-order valence-electron chi connectivity index (χ0n) is 15.3. The summed E-state index contributed by atoms with van der Waals surface area (Å²) in [5, 5.41) is 0. The lowest BCUT2D eigenvalue weighted by atomic mass is 10.0. The van der Waals surface area contributed by atoms with Gasteiger partial charge in [-0.3, -0.25) is 0 Å². The molecule has 0 fully saturated rings. The van der Waals surface area contributed by atoms with Gasteiger partial charge < -0.3 is 0 Å². The second-order valence-electron chi connectivity index (χ2n) is 5.56. The topological polar surface area (TPSA) is 3.88 Å². The van der Waals surface area contributed by atoms with Gasteiger partial charge in [-0.05, 0) is 42.1 Å². The Kier molecular flexibility index (Phi) is 3.40. The fraction of sp³-hybridized carbons (Fsp3) is 0.190. The van der Waals surface area contributed by atoms with Crippen molar-refractivity contribution in [3.63, 3.8) is 0 Å². The number of nitrogens with zero attached hydrogens (tertiary/aromatic N) is 1. The molecule has 3 rings (SSSR count). The summed E-state index contributed by atoms with van der Waals surface area (Å²) in [4.78, 5) is 0. The van der Waals surface area contributed by atoms with Gasteiger partial charge in [0, 0.05) is 19.9 Å². The van der Waals surface area contributed by atoms with Crippen molar-refractivity contribution in [3.8, 4) is 22.4 Å². The second kappa shape index (κ2) is 6.15. The van der Waals surface area contributed by atoms with Crippen molar-refractivity contribution in [1.29, 1.82) is 0 Å². The van der Waals surface area contributed by atoms with Gasteiger partial charge in [0.2, 0.25) is 5.69 Å². The van der Waals surface area contributed by atoms with Crippen LogP contribution in [0.3, 0.4) is 0 Å². The minimum atomic E-state index is -1.31. The molecule has 3 aromatic rings. The van der Waals surface area contributed by atoms with Crippen molar-refractivity contribution >= 4 is 0 Å². The van der Waals surface area contributed by atoms with E-state index < -0.39 is 6.37 Å². The largest absolute Gasteiger partial charge is 0.212 e. The van der Waals surface area contributed by atoms with Gasteiger partial charge in [0.25, 0.3) is 0 Å². The van der Waals surface area contributed by atoms with E-state index in [0.717, 1.165) is 11.1 Å². The summed E-state index contributed by atoms with van der Waals surface area (Å²) in [6.45, 7) is 3.71. The summed E-state index contributed by atoms with van der Waals surface area (Å²) >= 11 is 0. The molecule has 0 aliphatic carbocycles. The Hall–Kier alpha value is -2.41. The molecule has 0 aliphatic rings. The maximum atomic E-state index is 7.79. The molecule has 0 spiro atoms. The van der Waals surface area contributed by atoms with Gasteiger partial charge in [-0.1, -0.05) is 49.4 Å². The number of hydrogen-bond acceptors (Lipinski definition) is 0. The average molecular weight is 290 g/mol. The van der Waals surface area contributed by atoms with Crippen LogP contribution in [0.1, 0.15) is 20.8 Å². The highest BCUT2D eigenvalue weighted by Gasteiger charge is 2.13. The Bertz CT molecular complexity index is 862. The summed E-state index contributed by atoms with van der Waals surface area (Å²) in [7, 11) is 2.06. The molecule has 0 unspecified atom stereocenters. The van der Waals surface area contributed by atoms with Gasteiger partial charge in [-0.15, -0.1) is 0 Å². The Labute approximate surface area is 135 Å². The molecular formula is C21H22N+. The highest BCUT2D eigenvalue weighted by atomic mass is 14.9. The van der Waals surface area contributed by atoms with Gasteiger partial charge in [-0.25, -0.2) is 4.57 Å². The highest BCUT2D eigenvalue weighted by molar-refractivity contribution is 5.66. The minimum absolute atomic E-state index is 0.701. The summed E-state index contributed by atoms with van der Waals surface area (Å²) in [6, 6.07) is 20.4. The lowest BCUT2D eigenvalue weighted by Gasteiger charge is -2.06. The van der Waals surface area contributed by atoms with Crippen molar-refractivity contribution < 1.29 is 7.31 Å². The summed E-state index contributed by atoms with van der Waals surface area (Å²) in [5.41, 5.74) is 6.59. The molecule has 1 aromatic heterocycles. The standard InChI is InChI=1S/C21H22N/c1-4-17-9-11-18(12-10-17)19-13-14-21(22(3)15-19)20-8-6-5-7-16(20)2/h5-15H,4H2,1-3H3/q+1/i4D2. The minimum Gasteiger partial charge on any atom is -0.200 e. The molecule has 0 amide bonds. The summed E-state index contributed by atoms with van der Waals surface area (Å²) in [5.74, 6) is 0. The van der Waals surface area contributed by atoms with Gasteiger partial charge in [0.1, 0.15) is 7.05 Å². The van der Waals surface area contributed by atoms with Crippen molar-refractivity contribution in [2.24, 2.45) is 7.05 Å². The number of pyridine rings is 1. The number of hydrogen-bond donors (Lipinski definition) is 0. The van der Waals surface area contributed by atoms with Crippen LogP contribution in [0.4, 0.5) is 0 Å². The molecule has 22 heavy (non-hydrogen) atoms. The van der Waals surface area contributed by atoms with E-state index in [1.807, 2.05) is 24.3 Å². The van der Waals surface area contributed by atoms with E-state index in [1.165, 1.54) is 16.8 Å². The van der Waals surface area contributed by atoms with E-state index in [-0.39, 0.29) is 0 Å². The molecule has 0 atom stereocenters. The van der Waals surface area contributed by atoms with Crippen LogP contribution in [0.5, 0.6) is 0 Å². The molecule has 110 valence electrons. The molecule has 0 N–H and O–H groups in total. The molecule has 0 saturated carbocycles. The molecule has 0 radical (unpaired) electrons. The van der Waals surface area contributed by atoms with E-state index in [4.69, 9.17) is 2.74 Å². The third-order valence-electron chi connectivity index (χ3n) is 4.06. The molecule has 0 saturated heterocycles. The normalized spacial score (nSPS) is 12.7. The Morgan fingerprint density at radius 2 is 1.59 bits per heavy atom. The number of aryl methyl sites for hydroxylation is 3. The third kappa shape index (κ3) is 2.80. The first-order valence-corrected chi connectivity index (χ1v) is 7.53. The van der Waals surface area contributed by atoms with Crippen molar-refractivity contribution in [1.82, 2.24) is 0 Å². The summed E-state index contributed by atoms with van der Waals surface area (Å²) < 4.78 is 17.7. The average Bonchev–Trinajstić information content (AvgIpc) is 2.55. The van der Waals surface area contributed by atoms with Crippen LogP contribution in [-0.4, -0.2) is 0 Å². The molecule has 1 heterocycles. The number of rotatable bonds is 3. The maximum absolute atomic E-state index is 7.79. The molecule has 1 nitrogen and oxygen atoms in total. The smallest absolute Gasteiger partial charge is 0.200 e. The van der Waals surface area contributed by atoms with Crippen LogP contribution in [0.25, 0.3) is 22.4 Å². The van der Waals surface area contributed by atoms with Crippen molar-refractivity contribution in [2.75, 3.05) is 0 Å². The van der Waals surface area contributed by atoms with E-state index in [0.29, 0.717) is 5.56 Å². The van der Waals surface area contributed by atoms with Gasteiger partial charge in [0.15, 0.2) is 6.20 Å². The Morgan fingerprint density at radius 3 is 2.23 bits per heavy atom. The van der Waals surface area contributed by atoms with Gasteiger partial charge in [-0.2, -0.15) is 0 Å². The van der Waals surface area contributed by atoms with Crippen LogP contribution in [-0.2, 0) is 13.4 Å². The van der Waals surface area contributed by atoms with Gasteiger partial charge in [0.05, 0.1) is 0 Å². The van der Waals surface area contributed by atoms with E-state index in [2.05, 4.69) is 61.1 Å². The quantitative estimate of drug-likeness (QED) is 0.615. The van der Waals surface area contributed by atoms with Crippen molar-refractivity contribution in [2.45, 2.75) is 20.2 Å². The van der Waals surface area contributed by atoms with Crippen LogP contribution < -0.4 is 4.57 Å². The van der Waals surface area contributed by atoms with Crippen LogP contribution in [0.2, 0.25) is 0 Å². The van der Waals surface area contributed by atoms with Crippen molar-refractivity contribution in [3.05, 3.63) is 78.0 Å². The molecule has 1 heteroatoms. The first-order chi connectivity index (χ1) is 11.4. The fourth-order valence-corrected chi connectivity index (χ4v) is 2.75. The number of aromatic nitrogens is 1. The first-order valence-electron chi connectivity index (χ1n) is 8.53. The van der Waals surface area contributed by atoms with Gasteiger partial charge >= 0.3 is 0 Å². The lowest BCUT2D eigenvalue weighted by Crippen LogP contribution is -2.30. The predicted molar refractivity (Wildman–Crippen MR) is 92.6 cm³/mol. The second-order valence-corrected chi connectivity index (χ2v) is 5.56. The zero-order chi connectivity index (χ0) is 17.3. The molecule has 0 aliphatic heterocycles. The molecule has 2 aromatic carbocycles. The lowest BCUT2D eigenvalue weighted by molar-refractivity contribution is -0.659. The SMILES string of the molecule is [2H]C([2H])(C)c1ccc(-c2ccc(-c3ccccc3C)[n+](C)c2)cc1. The third-order valence-corrected chi connectivity index (χ3v) is 4.06. The van der Waals surface area contributed by atoms with Crippen LogP contribution in [0.15, 0.2) is 66.9 Å². The van der Waals surface area contributed by atoms with E-state index in [1.54, 1.807) is 6.92 Å². The monoisotopic (exact) mass is 290 g/mol.